The molecule has 6 heteroatoms. The van der Waals surface area contributed by atoms with Crippen molar-refractivity contribution in [2.24, 2.45) is 0 Å². The van der Waals surface area contributed by atoms with Crippen molar-refractivity contribution in [1.82, 2.24) is 10.2 Å². The molecule has 1 atom stereocenters. The first-order chi connectivity index (χ1) is 8.49. The van der Waals surface area contributed by atoms with Crippen LogP contribution in [0.1, 0.15) is 12.0 Å². The molecule has 1 saturated heterocycles. The standard InChI is InChI=1S/C13H20N2O2S.ClH/c1-14-12-7-8-15(10-12)9-11-3-5-13(6-4-11)18(2,16)17;/h3-6,12,14H,7-10H2,1-2H3;1H. The van der Waals surface area contributed by atoms with E-state index < -0.39 is 9.84 Å². The molecule has 0 aromatic heterocycles. The molecule has 108 valence electrons. The van der Waals surface area contributed by atoms with Crippen LogP contribution in [-0.2, 0) is 16.4 Å². The van der Waals surface area contributed by atoms with E-state index in [2.05, 4.69) is 10.2 Å². The number of hydrogen-bond donors (Lipinski definition) is 1. The van der Waals surface area contributed by atoms with Crippen LogP contribution >= 0.6 is 12.4 Å². The average molecular weight is 305 g/mol. The number of halogens is 1. The van der Waals surface area contributed by atoms with E-state index in [1.54, 1.807) is 12.1 Å². The van der Waals surface area contributed by atoms with Crippen molar-refractivity contribution in [3.63, 3.8) is 0 Å². The molecule has 0 aliphatic carbocycles. The number of likely N-dealkylation sites (N-methyl/N-ethyl adjacent to an activating group) is 1. The Balaban J connectivity index is 0.00000180. The van der Waals surface area contributed by atoms with Crippen LogP contribution in [0.3, 0.4) is 0 Å². The van der Waals surface area contributed by atoms with E-state index >= 15 is 0 Å². The molecule has 1 aromatic rings. The lowest BCUT2D eigenvalue weighted by molar-refractivity contribution is 0.322. The summed E-state index contributed by atoms with van der Waals surface area (Å²) in [5.41, 5.74) is 1.17. The highest BCUT2D eigenvalue weighted by Gasteiger charge is 2.20. The topological polar surface area (TPSA) is 49.4 Å². The van der Waals surface area contributed by atoms with Gasteiger partial charge in [-0.25, -0.2) is 8.42 Å². The summed E-state index contributed by atoms with van der Waals surface area (Å²) in [6.07, 6.45) is 2.41. The lowest BCUT2D eigenvalue weighted by atomic mass is 10.2. The maximum absolute atomic E-state index is 11.4. The van der Waals surface area contributed by atoms with Gasteiger partial charge >= 0.3 is 0 Å². The Kier molecular flexibility index (Phi) is 5.80. The molecule has 19 heavy (non-hydrogen) atoms. The van der Waals surface area contributed by atoms with Crippen molar-refractivity contribution >= 4 is 22.2 Å². The molecule has 0 radical (unpaired) electrons. The summed E-state index contributed by atoms with van der Waals surface area (Å²) in [4.78, 5) is 2.78. The predicted molar refractivity (Wildman–Crippen MR) is 79.5 cm³/mol. The van der Waals surface area contributed by atoms with Crippen LogP contribution in [-0.4, -0.2) is 45.8 Å². The molecule has 1 N–H and O–H groups in total. The van der Waals surface area contributed by atoms with E-state index in [0.29, 0.717) is 10.9 Å². The molecule has 4 nitrogen and oxygen atoms in total. The fourth-order valence-electron chi connectivity index (χ4n) is 2.31. The number of likely N-dealkylation sites (tertiary alicyclic amines) is 1. The largest absolute Gasteiger partial charge is 0.316 e. The van der Waals surface area contributed by atoms with Gasteiger partial charge in [-0.1, -0.05) is 12.1 Å². The summed E-state index contributed by atoms with van der Waals surface area (Å²) in [7, 11) is -1.09. The minimum absolute atomic E-state index is 0. The van der Waals surface area contributed by atoms with Crippen LogP contribution in [0.5, 0.6) is 0 Å². The molecule has 1 aliphatic heterocycles. The van der Waals surface area contributed by atoms with Crippen LogP contribution in [0.2, 0.25) is 0 Å². The Labute approximate surface area is 121 Å². The summed E-state index contributed by atoms with van der Waals surface area (Å²) < 4.78 is 22.7. The first kappa shape index (κ1) is 16.4. The zero-order chi connectivity index (χ0) is 13.2. The normalized spacial score (nSPS) is 20.2. The van der Waals surface area contributed by atoms with Crippen molar-refractivity contribution in [1.29, 1.82) is 0 Å². The van der Waals surface area contributed by atoms with Gasteiger partial charge in [0.15, 0.2) is 9.84 Å². The van der Waals surface area contributed by atoms with Crippen LogP contribution in [0.15, 0.2) is 29.2 Å². The molecule has 1 aromatic carbocycles. The van der Waals surface area contributed by atoms with E-state index in [4.69, 9.17) is 0 Å². The monoisotopic (exact) mass is 304 g/mol. The van der Waals surface area contributed by atoms with Crippen molar-refractivity contribution in [2.45, 2.75) is 23.9 Å². The summed E-state index contributed by atoms with van der Waals surface area (Å²) in [6, 6.07) is 7.78. The van der Waals surface area contributed by atoms with Crippen molar-refractivity contribution in [3.8, 4) is 0 Å². The predicted octanol–water partition coefficient (Wildman–Crippen LogP) is 1.31. The maximum Gasteiger partial charge on any atom is 0.175 e. The van der Waals surface area contributed by atoms with Gasteiger partial charge in [-0.2, -0.15) is 0 Å². The van der Waals surface area contributed by atoms with Crippen LogP contribution in [0, 0.1) is 0 Å². The Hall–Kier alpha value is -0.620. The van der Waals surface area contributed by atoms with Gasteiger partial charge in [0.1, 0.15) is 0 Å². The van der Waals surface area contributed by atoms with Gasteiger partial charge in [-0.3, -0.25) is 4.90 Å². The van der Waals surface area contributed by atoms with Crippen molar-refractivity contribution in [3.05, 3.63) is 29.8 Å². The number of rotatable bonds is 4. The number of sulfone groups is 1. The number of benzene rings is 1. The SMILES string of the molecule is CNC1CCN(Cc2ccc(S(C)(=O)=O)cc2)C1.Cl. The van der Waals surface area contributed by atoms with Gasteiger partial charge in [0.2, 0.25) is 0 Å². The van der Waals surface area contributed by atoms with Gasteiger partial charge in [-0.05, 0) is 31.2 Å². The lowest BCUT2D eigenvalue weighted by Crippen LogP contribution is -2.29. The smallest absolute Gasteiger partial charge is 0.175 e. The second-order valence-corrected chi connectivity index (χ2v) is 6.94. The highest BCUT2D eigenvalue weighted by atomic mass is 35.5. The summed E-state index contributed by atoms with van der Waals surface area (Å²) in [6.45, 7) is 3.05. The van der Waals surface area contributed by atoms with Gasteiger partial charge in [0, 0.05) is 31.9 Å². The third-order valence-electron chi connectivity index (χ3n) is 3.44. The highest BCUT2D eigenvalue weighted by Crippen LogP contribution is 2.15. The number of nitrogens with one attached hydrogen (secondary N) is 1. The molecule has 0 spiro atoms. The molecule has 1 heterocycles. The molecule has 1 aliphatic rings. The van der Waals surface area contributed by atoms with E-state index in [9.17, 15) is 8.42 Å². The van der Waals surface area contributed by atoms with Gasteiger partial charge in [-0.15, -0.1) is 12.4 Å². The van der Waals surface area contributed by atoms with E-state index in [-0.39, 0.29) is 12.4 Å². The molecule has 2 rings (SSSR count). The van der Waals surface area contributed by atoms with Gasteiger partial charge in [0.25, 0.3) is 0 Å². The Morgan fingerprint density at radius 3 is 2.42 bits per heavy atom. The Morgan fingerprint density at radius 1 is 1.32 bits per heavy atom. The van der Waals surface area contributed by atoms with Crippen molar-refractivity contribution in [2.75, 3.05) is 26.4 Å². The zero-order valence-electron chi connectivity index (χ0n) is 11.3. The lowest BCUT2D eigenvalue weighted by Gasteiger charge is -2.16. The quantitative estimate of drug-likeness (QED) is 0.911. The molecule has 0 bridgehead atoms. The molecular weight excluding hydrogens is 284 g/mol. The van der Waals surface area contributed by atoms with E-state index in [1.165, 1.54) is 18.2 Å². The minimum Gasteiger partial charge on any atom is -0.316 e. The highest BCUT2D eigenvalue weighted by molar-refractivity contribution is 7.90. The van der Waals surface area contributed by atoms with E-state index in [1.807, 2.05) is 19.2 Å². The number of hydrogen-bond acceptors (Lipinski definition) is 4. The van der Waals surface area contributed by atoms with Crippen LogP contribution < -0.4 is 5.32 Å². The maximum atomic E-state index is 11.4. The second kappa shape index (κ2) is 6.70. The van der Waals surface area contributed by atoms with Crippen LogP contribution in [0.4, 0.5) is 0 Å². The van der Waals surface area contributed by atoms with Crippen LogP contribution in [0.25, 0.3) is 0 Å². The van der Waals surface area contributed by atoms with E-state index in [0.717, 1.165) is 19.6 Å². The molecule has 1 fully saturated rings. The Bertz CT molecular complexity index is 502. The third kappa shape index (κ3) is 4.45. The summed E-state index contributed by atoms with van der Waals surface area (Å²) >= 11 is 0. The van der Waals surface area contributed by atoms with Crippen molar-refractivity contribution < 1.29 is 8.42 Å². The van der Waals surface area contributed by atoms with Gasteiger partial charge in [0.05, 0.1) is 4.90 Å². The first-order valence-corrected chi connectivity index (χ1v) is 8.07. The summed E-state index contributed by atoms with van der Waals surface area (Å²) in [5, 5.41) is 3.29. The second-order valence-electron chi connectivity index (χ2n) is 4.93. The number of nitrogens with zero attached hydrogens (tertiary/aromatic N) is 1. The molecule has 1 unspecified atom stereocenters. The zero-order valence-corrected chi connectivity index (χ0v) is 12.9. The van der Waals surface area contributed by atoms with Gasteiger partial charge < -0.3 is 5.32 Å². The fourth-order valence-corrected chi connectivity index (χ4v) is 2.94. The fraction of sp³-hybridized carbons (Fsp3) is 0.538. The Morgan fingerprint density at radius 2 is 1.95 bits per heavy atom. The first-order valence-electron chi connectivity index (χ1n) is 6.17. The third-order valence-corrected chi connectivity index (χ3v) is 4.57. The molecule has 0 saturated carbocycles. The molecule has 0 amide bonds. The minimum atomic E-state index is -3.08. The average Bonchev–Trinajstić information content (AvgIpc) is 2.76. The molecular formula is C13H21ClN2O2S. The summed E-state index contributed by atoms with van der Waals surface area (Å²) in [5.74, 6) is 0.